The van der Waals surface area contributed by atoms with Crippen molar-refractivity contribution in [1.29, 1.82) is 0 Å². The summed E-state index contributed by atoms with van der Waals surface area (Å²) < 4.78 is 16.6. The van der Waals surface area contributed by atoms with Crippen molar-refractivity contribution in [3.05, 3.63) is 122 Å². The van der Waals surface area contributed by atoms with Gasteiger partial charge in [-0.05, 0) is 103 Å². The van der Waals surface area contributed by atoms with E-state index in [1.807, 2.05) is 12.2 Å². The van der Waals surface area contributed by atoms with Crippen LogP contribution in [-0.4, -0.2) is 37.2 Å². The van der Waals surface area contributed by atoms with Crippen molar-refractivity contribution >= 4 is 17.9 Å². The smallest absolute Gasteiger partial charge is 0.306 e. The van der Waals surface area contributed by atoms with Crippen LogP contribution in [0.2, 0.25) is 0 Å². The number of rotatable bonds is 39. The maximum Gasteiger partial charge on any atom is 0.306 e. The number of unbranched alkanes of at least 4 members (excludes halogenated alkanes) is 9. The van der Waals surface area contributed by atoms with Gasteiger partial charge in [-0.3, -0.25) is 14.4 Å². The average Bonchev–Trinajstić information content (AvgIpc) is 3.23. The van der Waals surface area contributed by atoms with E-state index in [9.17, 15) is 14.4 Å². The lowest BCUT2D eigenvalue weighted by Gasteiger charge is -2.18. The van der Waals surface area contributed by atoms with Gasteiger partial charge in [0, 0.05) is 19.3 Å². The molecule has 6 heteroatoms. The first-order valence-corrected chi connectivity index (χ1v) is 23.1. The van der Waals surface area contributed by atoms with E-state index in [0.29, 0.717) is 12.8 Å². The lowest BCUT2D eigenvalue weighted by molar-refractivity contribution is -0.166. The van der Waals surface area contributed by atoms with Crippen molar-refractivity contribution in [2.45, 2.75) is 181 Å². The molecule has 0 saturated heterocycles. The molecule has 0 aromatic rings. The van der Waals surface area contributed by atoms with E-state index in [4.69, 9.17) is 14.2 Å². The van der Waals surface area contributed by atoms with Crippen LogP contribution in [0.4, 0.5) is 0 Å². The van der Waals surface area contributed by atoms with E-state index in [2.05, 4.69) is 130 Å². The predicted molar refractivity (Wildman–Crippen MR) is 251 cm³/mol. The van der Waals surface area contributed by atoms with Crippen LogP contribution in [0.5, 0.6) is 0 Å². The van der Waals surface area contributed by atoms with Crippen molar-refractivity contribution in [2.75, 3.05) is 13.2 Å². The molecule has 0 aliphatic heterocycles. The standard InChI is InChI=1S/C53H82O6/c1-4-7-10-13-16-19-22-24-26-27-29-31-34-37-40-43-46-52(55)58-49-50(48-57-51(54)45-42-39-36-33-30-21-18-15-12-9-6-3)59-53(56)47-44-41-38-35-32-28-25-23-20-17-14-11-8-5-2/h7-8,10-11,15-21,24-26,28-31,37,40,50H,4-6,9,12-14,22-23,27,32-36,38-39,41-49H2,1-3H3/b10-7-,11-8-,18-15-,19-16-,20-17-,26-24-,28-25-,30-21-,31-29-,40-37-. The highest BCUT2D eigenvalue weighted by Crippen LogP contribution is 2.11. The summed E-state index contributed by atoms with van der Waals surface area (Å²) in [6.45, 7) is 6.21. The van der Waals surface area contributed by atoms with E-state index in [0.717, 1.165) is 116 Å². The molecular formula is C53H82O6. The summed E-state index contributed by atoms with van der Waals surface area (Å²) in [5.74, 6) is -1.08. The molecule has 0 heterocycles. The van der Waals surface area contributed by atoms with Gasteiger partial charge in [0.05, 0.1) is 0 Å². The Morgan fingerprint density at radius 2 is 0.746 bits per heavy atom. The summed E-state index contributed by atoms with van der Waals surface area (Å²) in [6.07, 6.45) is 63.4. The van der Waals surface area contributed by atoms with Gasteiger partial charge in [-0.2, -0.15) is 0 Å². The summed E-state index contributed by atoms with van der Waals surface area (Å²) >= 11 is 0. The fraction of sp³-hybridized carbons (Fsp3) is 0.566. The number of hydrogen-bond donors (Lipinski definition) is 0. The molecule has 0 fully saturated rings. The third-order valence-electron chi connectivity index (χ3n) is 8.97. The zero-order valence-corrected chi connectivity index (χ0v) is 37.5. The van der Waals surface area contributed by atoms with Gasteiger partial charge in [0.15, 0.2) is 6.10 Å². The molecule has 59 heavy (non-hydrogen) atoms. The molecule has 0 radical (unpaired) electrons. The second-order valence-corrected chi connectivity index (χ2v) is 14.6. The Kier molecular flexibility index (Phi) is 43.2. The Bertz CT molecular complexity index is 1300. The maximum atomic E-state index is 12.7. The van der Waals surface area contributed by atoms with Crippen molar-refractivity contribution < 1.29 is 28.6 Å². The molecule has 0 spiro atoms. The zero-order valence-electron chi connectivity index (χ0n) is 37.5. The van der Waals surface area contributed by atoms with Gasteiger partial charge in [-0.25, -0.2) is 0 Å². The predicted octanol–water partition coefficient (Wildman–Crippen LogP) is 15.0. The third kappa shape index (κ3) is 44.8. The molecule has 6 nitrogen and oxygen atoms in total. The summed E-state index contributed by atoms with van der Waals surface area (Å²) in [5.41, 5.74) is 0. The van der Waals surface area contributed by atoms with Crippen LogP contribution in [0.1, 0.15) is 175 Å². The topological polar surface area (TPSA) is 78.9 Å². The number of hydrogen-bond acceptors (Lipinski definition) is 6. The van der Waals surface area contributed by atoms with Crippen LogP contribution in [-0.2, 0) is 28.6 Å². The minimum atomic E-state index is -0.832. The summed E-state index contributed by atoms with van der Waals surface area (Å²) in [6, 6.07) is 0. The molecule has 0 bridgehead atoms. The summed E-state index contributed by atoms with van der Waals surface area (Å²) in [4.78, 5) is 37.7. The van der Waals surface area contributed by atoms with Crippen LogP contribution < -0.4 is 0 Å². The van der Waals surface area contributed by atoms with Crippen LogP contribution in [0.25, 0.3) is 0 Å². The van der Waals surface area contributed by atoms with Gasteiger partial charge in [-0.1, -0.05) is 174 Å². The highest BCUT2D eigenvalue weighted by Gasteiger charge is 2.19. The van der Waals surface area contributed by atoms with E-state index in [1.165, 1.54) is 12.8 Å². The minimum Gasteiger partial charge on any atom is -0.462 e. The highest BCUT2D eigenvalue weighted by atomic mass is 16.6. The number of carbonyl (C=O) groups is 3. The molecule has 0 rings (SSSR count). The molecule has 330 valence electrons. The molecule has 0 aromatic carbocycles. The molecule has 0 saturated carbocycles. The summed E-state index contributed by atoms with van der Waals surface area (Å²) in [5, 5.41) is 0. The molecule has 0 aliphatic carbocycles. The summed E-state index contributed by atoms with van der Waals surface area (Å²) in [7, 11) is 0. The zero-order chi connectivity index (χ0) is 43.0. The van der Waals surface area contributed by atoms with Crippen molar-refractivity contribution in [3.63, 3.8) is 0 Å². The van der Waals surface area contributed by atoms with Gasteiger partial charge in [-0.15, -0.1) is 0 Å². The van der Waals surface area contributed by atoms with Crippen LogP contribution >= 0.6 is 0 Å². The Balaban J connectivity index is 4.59. The molecule has 1 atom stereocenters. The lowest BCUT2D eigenvalue weighted by Crippen LogP contribution is -2.30. The first kappa shape index (κ1) is 54.8. The van der Waals surface area contributed by atoms with Crippen molar-refractivity contribution in [3.8, 4) is 0 Å². The van der Waals surface area contributed by atoms with Crippen molar-refractivity contribution in [1.82, 2.24) is 0 Å². The Labute approximate surface area is 361 Å². The normalized spacial score (nSPS) is 13.2. The highest BCUT2D eigenvalue weighted by molar-refractivity contribution is 5.71. The van der Waals surface area contributed by atoms with E-state index >= 15 is 0 Å². The van der Waals surface area contributed by atoms with E-state index in [-0.39, 0.29) is 44.0 Å². The van der Waals surface area contributed by atoms with Gasteiger partial charge in [0.1, 0.15) is 13.2 Å². The number of esters is 3. The number of ether oxygens (including phenoxy) is 3. The second-order valence-electron chi connectivity index (χ2n) is 14.6. The molecule has 0 aliphatic rings. The van der Waals surface area contributed by atoms with Gasteiger partial charge in [0.25, 0.3) is 0 Å². The number of carbonyl (C=O) groups excluding carboxylic acids is 3. The molecule has 0 amide bonds. The average molecular weight is 815 g/mol. The van der Waals surface area contributed by atoms with E-state index in [1.54, 1.807) is 0 Å². The number of allylic oxidation sites excluding steroid dienone is 20. The molecular weight excluding hydrogens is 733 g/mol. The van der Waals surface area contributed by atoms with Crippen LogP contribution in [0, 0.1) is 0 Å². The van der Waals surface area contributed by atoms with E-state index < -0.39 is 6.10 Å². The largest absolute Gasteiger partial charge is 0.462 e. The first-order valence-electron chi connectivity index (χ1n) is 23.1. The Hall–Kier alpha value is -4.19. The fourth-order valence-electron chi connectivity index (χ4n) is 5.54. The van der Waals surface area contributed by atoms with Gasteiger partial charge < -0.3 is 14.2 Å². The van der Waals surface area contributed by atoms with Crippen LogP contribution in [0.15, 0.2) is 122 Å². The molecule has 1 unspecified atom stereocenters. The van der Waals surface area contributed by atoms with Crippen LogP contribution in [0.3, 0.4) is 0 Å². The van der Waals surface area contributed by atoms with Crippen molar-refractivity contribution in [2.24, 2.45) is 0 Å². The SMILES string of the molecule is CC/C=C\C/C=C\C/C=C\C/C=C\C/C=C\CCC(=O)OCC(COC(=O)CCCCC/C=C\C=C/CCCC)OC(=O)CCCCCC/C=C\C/C=C\C/C=C\CC. The first-order chi connectivity index (χ1) is 29.0. The fourth-order valence-corrected chi connectivity index (χ4v) is 5.54. The maximum absolute atomic E-state index is 12.7. The lowest BCUT2D eigenvalue weighted by atomic mass is 10.1. The molecule has 0 N–H and O–H groups in total. The quantitative estimate of drug-likeness (QED) is 0.0202. The second kappa shape index (κ2) is 46.5. The Morgan fingerprint density at radius 3 is 1.24 bits per heavy atom. The molecule has 0 aromatic heterocycles. The monoisotopic (exact) mass is 815 g/mol. The van der Waals surface area contributed by atoms with Gasteiger partial charge in [0.2, 0.25) is 0 Å². The Morgan fingerprint density at radius 1 is 0.373 bits per heavy atom. The van der Waals surface area contributed by atoms with Gasteiger partial charge >= 0.3 is 17.9 Å². The minimum absolute atomic E-state index is 0.128. The third-order valence-corrected chi connectivity index (χ3v) is 8.97.